The predicted molar refractivity (Wildman–Crippen MR) is 98.3 cm³/mol. The second-order valence-electron chi connectivity index (χ2n) is 6.59. The highest BCUT2D eigenvalue weighted by Crippen LogP contribution is 2.21. The van der Waals surface area contributed by atoms with E-state index in [1.54, 1.807) is 6.20 Å². The first-order valence-corrected chi connectivity index (χ1v) is 9.08. The number of hydrogen-bond acceptors (Lipinski definition) is 6. The molecular weight excluding hydrogens is 332 g/mol. The average Bonchev–Trinajstić information content (AvgIpc) is 3.22. The zero-order valence-corrected chi connectivity index (χ0v) is 14.8. The number of aromatic nitrogens is 3. The van der Waals surface area contributed by atoms with Gasteiger partial charge < -0.3 is 24.0 Å². The van der Waals surface area contributed by atoms with Crippen molar-refractivity contribution in [1.82, 2.24) is 19.7 Å². The van der Waals surface area contributed by atoms with E-state index in [4.69, 9.17) is 4.74 Å². The maximum Gasteiger partial charge on any atom is 0.242 e. The summed E-state index contributed by atoms with van der Waals surface area (Å²) >= 11 is 0. The van der Waals surface area contributed by atoms with Gasteiger partial charge in [-0.1, -0.05) is 0 Å². The molecule has 0 spiro atoms. The summed E-state index contributed by atoms with van der Waals surface area (Å²) in [6.07, 6.45) is 5.65. The van der Waals surface area contributed by atoms with E-state index < -0.39 is 0 Å². The van der Waals surface area contributed by atoms with Crippen molar-refractivity contribution in [3.8, 4) is 0 Å². The molecule has 2 saturated heterocycles. The molecule has 1 amide bonds. The third kappa shape index (κ3) is 3.80. The SMILES string of the molecule is O=C(Cn1cccc1)N1CCN(c2cnnc(N3CCOCC3)c2)CC1. The molecule has 4 heterocycles. The van der Waals surface area contributed by atoms with Crippen LogP contribution in [-0.4, -0.2) is 78.1 Å². The van der Waals surface area contributed by atoms with Crippen LogP contribution in [0.1, 0.15) is 0 Å². The summed E-state index contributed by atoms with van der Waals surface area (Å²) in [6, 6.07) is 5.97. The molecule has 2 aromatic rings. The predicted octanol–water partition coefficient (Wildman–Crippen LogP) is 0.464. The number of nitrogens with zero attached hydrogens (tertiary/aromatic N) is 6. The van der Waals surface area contributed by atoms with Crippen molar-refractivity contribution in [2.75, 3.05) is 62.3 Å². The van der Waals surface area contributed by atoms with Crippen LogP contribution in [0.4, 0.5) is 11.5 Å². The van der Waals surface area contributed by atoms with Gasteiger partial charge in [0.15, 0.2) is 5.82 Å². The minimum absolute atomic E-state index is 0.169. The molecule has 0 aliphatic carbocycles. The zero-order chi connectivity index (χ0) is 17.8. The van der Waals surface area contributed by atoms with E-state index in [9.17, 15) is 4.79 Å². The van der Waals surface area contributed by atoms with E-state index in [1.165, 1.54) is 0 Å². The molecule has 0 bridgehead atoms. The maximum atomic E-state index is 12.4. The highest BCUT2D eigenvalue weighted by molar-refractivity contribution is 5.76. The summed E-state index contributed by atoms with van der Waals surface area (Å²) < 4.78 is 7.31. The van der Waals surface area contributed by atoms with E-state index in [0.717, 1.165) is 64.0 Å². The molecule has 26 heavy (non-hydrogen) atoms. The Labute approximate surface area is 153 Å². The van der Waals surface area contributed by atoms with Crippen molar-refractivity contribution in [3.63, 3.8) is 0 Å². The van der Waals surface area contributed by atoms with Crippen LogP contribution in [0.5, 0.6) is 0 Å². The monoisotopic (exact) mass is 356 g/mol. The van der Waals surface area contributed by atoms with E-state index in [2.05, 4.69) is 26.1 Å². The molecule has 0 saturated carbocycles. The van der Waals surface area contributed by atoms with Gasteiger partial charge in [-0.05, 0) is 12.1 Å². The van der Waals surface area contributed by atoms with Gasteiger partial charge >= 0.3 is 0 Å². The zero-order valence-electron chi connectivity index (χ0n) is 14.8. The van der Waals surface area contributed by atoms with Crippen LogP contribution >= 0.6 is 0 Å². The Kier molecular flexibility index (Phi) is 5.01. The Hall–Kier alpha value is -2.61. The number of rotatable bonds is 4. The summed E-state index contributed by atoms with van der Waals surface area (Å²) in [5.74, 6) is 1.07. The molecule has 2 aliphatic rings. The number of morpholine rings is 1. The van der Waals surface area contributed by atoms with Gasteiger partial charge in [0.25, 0.3) is 0 Å². The average molecular weight is 356 g/mol. The Bertz CT molecular complexity index is 721. The number of ether oxygens (including phenoxy) is 1. The van der Waals surface area contributed by atoms with E-state index >= 15 is 0 Å². The van der Waals surface area contributed by atoms with Crippen molar-refractivity contribution in [2.45, 2.75) is 6.54 Å². The number of piperazine rings is 1. The standard InChI is InChI=1S/C18H24N6O2/c25-18(15-21-3-1-2-4-21)24-7-5-22(6-8-24)16-13-17(20-19-14-16)23-9-11-26-12-10-23/h1-4,13-14H,5-12,15H2. The number of anilines is 2. The van der Waals surface area contributed by atoms with Gasteiger partial charge in [0, 0.05) is 57.7 Å². The Morgan fingerprint density at radius 3 is 2.46 bits per heavy atom. The first-order chi connectivity index (χ1) is 12.8. The summed E-state index contributed by atoms with van der Waals surface area (Å²) in [5, 5.41) is 8.45. The van der Waals surface area contributed by atoms with Crippen molar-refractivity contribution in [2.24, 2.45) is 0 Å². The second kappa shape index (κ2) is 7.74. The van der Waals surface area contributed by atoms with Crippen LogP contribution in [0, 0.1) is 0 Å². The third-order valence-corrected chi connectivity index (χ3v) is 4.94. The molecule has 0 N–H and O–H groups in total. The van der Waals surface area contributed by atoms with Crippen molar-refractivity contribution in [3.05, 3.63) is 36.8 Å². The van der Waals surface area contributed by atoms with Crippen LogP contribution in [0.3, 0.4) is 0 Å². The summed E-state index contributed by atoms with van der Waals surface area (Å²) in [4.78, 5) is 18.8. The maximum absolute atomic E-state index is 12.4. The Morgan fingerprint density at radius 1 is 1.00 bits per heavy atom. The number of carbonyl (C=O) groups excluding carboxylic acids is 1. The highest BCUT2D eigenvalue weighted by Gasteiger charge is 2.22. The summed E-state index contributed by atoms with van der Waals surface area (Å²) in [5.41, 5.74) is 1.07. The van der Waals surface area contributed by atoms with E-state index in [0.29, 0.717) is 6.54 Å². The quantitative estimate of drug-likeness (QED) is 0.793. The molecule has 2 aliphatic heterocycles. The van der Waals surface area contributed by atoms with Gasteiger partial charge in [0.05, 0.1) is 25.1 Å². The molecule has 8 nitrogen and oxygen atoms in total. The molecule has 2 fully saturated rings. The lowest BCUT2D eigenvalue weighted by Crippen LogP contribution is -2.49. The lowest BCUT2D eigenvalue weighted by atomic mass is 10.2. The number of carbonyl (C=O) groups is 1. The van der Waals surface area contributed by atoms with Gasteiger partial charge in [-0.15, -0.1) is 5.10 Å². The lowest BCUT2D eigenvalue weighted by Gasteiger charge is -2.36. The van der Waals surface area contributed by atoms with Crippen LogP contribution < -0.4 is 9.80 Å². The smallest absolute Gasteiger partial charge is 0.242 e. The van der Waals surface area contributed by atoms with Gasteiger partial charge in [0.1, 0.15) is 6.54 Å². The molecular formula is C18H24N6O2. The topological polar surface area (TPSA) is 66.7 Å². The fraction of sp³-hybridized carbons (Fsp3) is 0.500. The van der Waals surface area contributed by atoms with Crippen molar-refractivity contribution in [1.29, 1.82) is 0 Å². The van der Waals surface area contributed by atoms with Crippen LogP contribution in [0.15, 0.2) is 36.8 Å². The molecule has 8 heteroatoms. The number of amides is 1. The first-order valence-electron chi connectivity index (χ1n) is 9.08. The fourth-order valence-corrected chi connectivity index (χ4v) is 3.41. The fourth-order valence-electron chi connectivity index (χ4n) is 3.41. The van der Waals surface area contributed by atoms with E-state index in [-0.39, 0.29) is 5.91 Å². The van der Waals surface area contributed by atoms with Gasteiger partial charge in [0.2, 0.25) is 5.91 Å². The molecule has 2 aromatic heterocycles. The molecule has 138 valence electrons. The Morgan fingerprint density at radius 2 is 1.73 bits per heavy atom. The van der Waals surface area contributed by atoms with Crippen LogP contribution in [-0.2, 0) is 16.1 Å². The minimum Gasteiger partial charge on any atom is -0.378 e. The van der Waals surface area contributed by atoms with Gasteiger partial charge in [-0.2, -0.15) is 5.10 Å². The first kappa shape index (κ1) is 16.8. The van der Waals surface area contributed by atoms with Crippen molar-refractivity contribution < 1.29 is 9.53 Å². The van der Waals surface area contributed by atoms with Gasteiger partial charge in [-0.25, -0.2) is 0 Å². The second-order valence-corrected chi connectivity index (χ2v) is 6.59. The highest BCUT2D eigenvalue weighted by atomic mass is 16.5. The number of hydrogen-bond donors (Lipinski definition) is 0. The molecule has 0 atom stereocenters. The molecule has 0 aromatic carbocycles. The van der Waals surface area contributed by atoms with E-state index in [1.807, 2.05) is 34.0 Å². The van der Waals surface area contributed by atoms with Crippen molar-refractivity contribution >= 4 is 17.4 Å². The minimum atomic E-state index is 0.169. The van der Waals surface area contributed by atoms with Crippen LogP contribution in [0.25, 0.3) is 0 Å². The Balaban J connectivity index is 1.35. The molecule has 0 radical (unpaired) electrons. The van der Waals surface area contributed by atoms with Gasteiger partial charge in [-0.3, -0.25) is 4.79 Å². The largest absolute Gasteiger partial charge is 0.378 e. The summed E-state index contributed by atoms with van der Waals surface area (Å²) in [7, 11) is 0. The lowest BCUT2D eigenvalue weighted by molar-refractivity contribution is -0.132. The van der Waals surface area contributed by atoms with Crippen LogP contribution in [0.2, 0.25) is 0 Å². The third-order valence-electron chi connectivity index (χ3n) is 4.94. The normalized spacial score (nSPS) is 18.2. The molecule has 4 rings (SSSR count). The molecule has 0 unspecified atom stereocenters. The summed E-state index contributed by atoms with van der Waals surface area (Å²) in [6.45, 7) is 6.65.